The van der Waals surface area contributed by atoms with Gasteiger partial charge in [0.25, 0.3) is 11.8 Å². The van der Waals surface area contributed by atoms with E-state index in [1.54, 1.807) is 42.5 Å². The number of benzene rings is 2. The lowest BCUT2D eigenvalue weighted by Gasteiger charge is -2.12. The number of nitrogens with one attached hydrogen (secondary N) is 2. The van der Waals surface area contributed by atoms with Crippen molar-refractivity contribution >= 4 is 17.5 Å². The van der Waals surface area contributed by atoms with Gasteiger partial charge in [0.05, 0.1) is 18.2 Å². The Morgan fingerprint density at radius 1 is 1.12 bits per heavy atom. The fraction of sp³-hybridized carbons (Fsp3) is 0.211. The molecule has 0 radical (unpaired) electrons. The number of carbonyl (C=O) groups is 2. The van der Waals surface area contributed by atoms with Crippen molar-refractivity contribution in [3.63, 3.8) is 0 Å². The van der Waals surface area contributed by atoms with Crippen molar-refractivity contribution in [2.45, 2.75) is 6.92 Å². The van der Waals surface area contributed by atoms with E-state index in [1.165, 1.54) is 7.05 Å². The van der Waals surface area contributed by atoms with Crippen LogP contribution in [0, 0.1) is 11.3 Å². The smallest absolute Gasteiger partial charge is 0.262 e. The van der Waals surface area contributed by atoms with Gasteiger partial charge in [-0.05, 0) is 37.3 Å². The number of carbonyl (C=O) groups excluding carboxylic acids is 2. The molecular formula is C19H19N3O4. The molecule has 0 spiro atoms. The highest BCUT2D eigenvalue weighted by atomic mass is 16.5. The van der Waals surface area contributed by atoms with Crippen LogP contribution in [0.15, 0.2) is 42.5 Å². The maximum Gasteiger partial charge on any atom is 0.262 e. The van der Waals surface area contributed by atoms with Crippen LogP contribution in [-0.2, 0) is 4.79 Å². The molecule has 7 nitrogen and oxygen atoms in total. The van der Waals surface area contributed by atoms with Crippen LogP contribution >= 0.6 is 0 Å². The SMILES string of the molecule is CCOc1cc(C#N)ccc1OCC(=O)Nc1cccc(C(=O)NC)c1. The van der Waals surface area contributed by atoms with Crippen molar-refractivity contribution in [3.05, 3.63) is 53.6 Å². The molecule has 0 aliphatic carbocycles. The summed E-state index contributed by atoms with van der Waals surface area (Å²) in [5.74, 6) is 0.156. The van der Waals surface area contributed by atoms with E-state index in [1.807, 2.05) is 13.0 Å². The van der Waals surface area contributed by atoms with Crippen LogP contribution in [0.4, 0.5) is 5.69 Å². The third-order valence-electron chi connectivity index (χ3n) is 3.37. The number of ether oxygens (including phenoxy) is 2. The summed E-state index contributed by atoms with van der Waals surface area (Å²) in [6.07, 6.45) is 0. The van der Waals surface area contributed by atoms with Crippen LogP contribution in [-0.4, -0.2) is 32.1 Å². The fourth-order valence-electron chi connectivity index (χ4n) is 2.19. The van der Waals surface area contributed by atoms with E-state index >= 15 is 0 Å². The summed E-state index contributed by atoms with van der Waals surface area (Å²) >= 11 is 0. The maximum atomic E-state index is 12.1. The summed E-state index contributed by atoms with van der Waals surface area (Å²) in [7, 11) is 1.54. The minimum Gasteiger partial charge on any atom is -0.490 e. The van der Waals surface area contributed by atoms with Gasteiger partial charge in [0.15, 0.2) is 18.1 Å². The van der Waals surface area contributed by atoms with Crippen molar-refractivity contribution in [3.8, 4) is 17.6 Å². The molecule has 0 saturated carbocycles. The molecule has 7 heteroatoms. The maximum absolute atomic E-state index is 12.1. The summed E-state index contributed by atoms with van der Waals surface area (Å²) in [6, 6.07) is 13.3. The van der Waals surface area contributed by atoms with Gasteiger partial charge in [0, 0.05) is 24.4 Å². The molecule has 2 amide bonds. The number of anilines is 1. The molecule has 0 aromatic heterocycles. The largest absolute Gasteiger partial charge is 0.490 e. The van der Waals surface area contributed by atoms with Crippen molar-refractivity contribution in [2.24, 2.45) is 0 Å². The van der Waals surface area contributed by atoms with E-state index in [0.717, 1.165) is 0 Å². The van der Waals surface area contributed by atoms with Gasteiger partial charge in [-0.2, -0.15) is 5.26 Å². The van der Waals surface area contributed by atoms with Crippen LogP contribution in [0.25, 0.3) is 0 Å². The summed E-state index contributed by atoms with van der Waals surface area (Å²) in [4.78, 5) is 23.7. The molecule has 134 valence electrons. The third-order valence-corrected chi connectivity index (χ3v) is 3.37. The Labute approximate surface area is 151 Å². The van der Waals surface area contributed by atoms with Crippen LogP contribution < -0.4 is 20.1 Å². The summed E-state index contributed by atoms with van der Waals surface area (Å²) in [6.45, 7) is 1.98. The lowest BCUT2D eigenvalue weighted by atomic mass is 10.2. The third kappa shape index (κ3) is 4.98. The van der Waals surface area contributed by atoms with Gasteiger partial charge < -0.3 is 20.1 Å². The van der Waals surface area contributed by atoms with E-state index in [-0.39, 0.29) is 18.4 Å². The first-order valence-corrected chi connectivity index (χ1v) is 7.99. The first-order valence-electron chi connectivity index (χ1n) is 7.99. The molecule has 26 heavy (non-hydrogen) atoms. The van der Waals surface area contributed by atoms with Crippen molar-refractivity contribution in [1.82, 2.24) is 5.32 Å². The summed E-state index contributed by atoms with van der Waals surface area (Å²) < 4.78 is 10.9. The molecule has 2 N–H and O–H groups in total. The van der Waals surface area contributed by atoms with E-state index in [9.17, 15) is 9.59 Å². The van der Waals surface area contributed by atoms with Gasteiger partial charge in [-0.3, -0.25) is 9.59 Å². The number of amides is 2. The predicted octanol–water partition coefficient (Wildman–Crippen LogP) is 2.33. The number of hydrogen-bond donors (Lipinski definition) is 2. The number of hydrogen-bond acceptors (Lipinski definition) is 5. The zero-order valence-electron chi connectivity index (χ0n) is 14.5. The molecule has 0 heterocycles. The van der Waals surface area contributed by atoms with Gasteiger partial charge in [-0.1, -0.05) is 6.07 Å². The van der Waals surface area contributed by atoms with Crippen molar-refractivity contribution in [1.29, 1.82) is 5.26 Å². The Hall–Kier alpha value is -3.53. The van der Waals surface area contributed by atoms with Crippen molar-refractivity contribution in [2.75, 3.05) is 25.6 Å². The molecule has 0 aliphatic heterocycles. The van der Waals surface area contributed by atoms with Crippen LogP contribution in [0.1, 0.15) is 22.8 Å². The van der Waals surface area contributed by atoms with E-state index in [0.29, 0.717) is 34.9 Å². The Balaban J connectivity index is 2.01. The molecule has 0 atom stereocenters. The second-order valence-electron chi connectivity index (χ2n) is 5.20. The lowest BCUT2D eigenvalue weighted by Crippen LogP contribution is -2.21. The van der Waals surface area contributed by atoms with Gasteiger partial charge >= 0.3 is 0 Å². The molecule has 2 rings (SSSR count). The van der Waals surface area contributed by atoms with Gasteiger partial charge in [-0.15, -0.1) is 0 Å². The summed E-state index contributed by atoms with van der Waals surface area (Å²) in [5.41, 5.74) is 1.37. The standard InChI is InChI=1S/C19H19N3O4/c1-3-25-17-9-13(11-20)7-8-16(17)26-12-18(23)22-15-6-4-5-14(10-15)19(24)21-2/h4-10H,3,12H2,1-2H3,(H,21,24)(H,22,23). The lowest BCUT2D eigenvalue weighted by molar-refractivity contribution is -0.118. The molecule has 0 bridgehead atoms. The Morgan fingerprint density at radius 2 is 1.92 bits per heavy atom. The molecular weight excluding hydrogens is 334 g/mol. The monoisotopic (exact) mass is 353 g/mol. The minimum atomic E-state index is -0.383. The van der Waals surface area contributed by atoms with Crippen LogP contribution in [0.2, 0.25) is 0 Å². The molecule has 0 saturated heterocycles. The zero-order chi connectivity index (χ0) is 18.9. The molecule has 0 aliphatic rings. The van der Waals surface area contributed by atoms with E-state index in [4.69, 9.17) is 14.7 Å². The van der Waals surface area contributed by atoms with Gasteiger partial charge in [0.1, 0.15) is 0 Å². The van der Waals surface area contributed by atoms with E-state index < -0.39 is 0 Å². The molecule has 2 aromatic rings. The minimum absolute atomic E-state index is 0.240. The normalized spacial score (nSPS) is 9.73. The van der Waals surface area contributed by atoms with Gasteiger partial charge in [-0.25, -0.2) is 0 Å². The Morgan fingerprint density at radius 3 is 2.62 bits per heavy atom. The van der Waals surface area contributed by atoms with Crippen LogP contribution in [0.3, 0.4) is 0 Å². The highest BCUT2D eigenvalue weighted by Gasteiger charge is 2.10. The van der Waals surface area contributed by atoms with E-state index in [2.05, 4.69) is 10.6 Å². The number of nitrogens with zero attached hydrogens (tertiary/aromatic N) is 1. The molecule has 0 unspecified atom stereocenters. The quantitative estimate of drug-likeness (QED) is 0.796. The number of rotatable bonds is 7. The second kappa shape index (κ2) is 9.08. The molecule has 2 aromatic carbocycles. The summed E-state index contributed by atoms with van der Waals surface area (Å²) in [5, 5.41) is 14.1. The van der Waals surface area contributed by atoms with Crippen LogP contribution in [0.5, 0.6) is 11.5 Å². The highest BCUT2D eigenvalue weighted by Crippen LogP contribution is 2.28. The predicted molar refractivity (Wildman–Crippen MR) is 96.3 cm³/mol. The zero-order valence-corrected chi connectivity index (χ0v) is 14.5. The fourth-order valence-corrected chi connectivity index (χ4v) is 2.19. The second-order valence-corrected chi connectivity index (χ2v) is 5.20. The topological polar surface area (TPSA) is 100 Å². The van der Waals surface area contributed by atoms with Gasteiger partial charge in [0.2, 0.25) is 0 Å². The average Bonchev–Trinajstić information content (AvgIpc) is 2.66. The number of nitriles is 1. The first-order chi connectivity index (χ1) is 12.6. The Bertz CT molecular complexity index is 843. The average molecular weight is 353 g/mol. The van der Waals surface area contributed by atoms with Crippen molar-refractivity contribution < 1.29 is 19.1 Å². The first kappa shape index (κ1) is 18.8. The Kier molecular flexibility index (Phi) is 6.57. The molecule has 0 fully saturated rings. The highest BCUT2D eigenvalue weighted by molar-refractivity contribution is 5.97.